The summed E-state index contributed by atoms with van der Waals surface area (Å²) < 4.78 is 12.2. The van der Waals surface area contributed by atoms with Crippen molar-refractivity contribution < 1.29 is 24.2 Å². The summed E-state index contributed by atoms with van der Waals surface area (Å²) in [4.78, 5) is 33.1. The topological polar surface area (TPSA) is 89.0 Å². The molecule has 7 nitrogen and oxygen atoms in total. The maximum Gasteiger partial charge on any atom is 0.301 e. The van der Waals surface area contributed by atoms with E-state index in [2.05, 4.69) is 11.6 Å². The number of carbonyl (C=O) groups excluding carboxylic acids is 2. The summed E-state index contributed by atoms with van der Waals surface area (Å²) in [6.07, 6.45) is 2.36. The number of hydrogen-bond donors (Lipinski definition) is 1. The second kappa shape index (κ2) is 9.87. The molecule has 0 spiro atoms. The second-order valence-corrected chi connectivity index (χ2v) is 10.8. The molecule has 0 saturated carbocycles. The molecule has 196 valence electrons. The number of aliphatic hydroxyl groups excluding tert-OH is 1. The highest BCUT2D eigenvalue weighted by molar-refractivity contribution is 7.22. The molecular formula is C30H23ClN2O5S. The van der Waals surface area contributed by atoms with E-state index in [1.807, 2.05) is 13.0 Å². The van der Waals surface area contributed by atoms with E-state index in [1.165, 1.54) is 16.2 Å². The van der Waals surface area contributed by atoms with Gasteiger partial charge < -0.3 is 14.6 Å². The Hall–Kier alpha value is -4.14. The van der Waals surface area contributed by atoms with Crippen LogP contribution in [0.5, 0.6) is 11.5 Å². The number of fused-ring (bicyclic) bond motifs is 2. The summed E-state index contributed by atoms with van der Waals surface area (Å²) in [5, 5.41) is 12.4. The first-order valence-corrected chi connectivity index (χ1v) is 13.5. The largest absolute Gasteiger partial charge is 0.507 e. The van der Waals surface area contributed by atoms with Crippen LogP contribution in [0, 0.1) is 0 Å². The molecule has 3 heterocycles. The van der Waals surface area contributed by atoms with Crippen LogP contribution in [0.2, 0.25) is 5.02 Å². The SMILES string of the molecule is C=CCOc1ccc(C2C(=C(O)c3ccc4c(c3)CC(C)O4)C(=O)C(=O)N2c2nc3ccc(Cl)cc3s2)cc1. The average molecular weight is 559 g/mol. The summed E-state index contributed by atoms with van der Waals surface area (Å²) in [6, 6.07) is 16.7. The van der Waals surface area contributed by atoms with E-state index in [1.54, 1.807) is 60.7 Å². The van der Waals surface area contributed by atoms with Crippen LogP contribution in [0.15, 0.2) is 78.9 Å². The Morgan fingerprint density at radius 2 is 2.00 bits per heavy atom. The minimum Gasteiger partial charge on any atom is -0.507 e. The van der Waals surface area contributed by atoms with Crippen LogP contribution >= 0.6 is 22.9 Å². The number of anilines is 1. The third kappa shape index (κ3) is 4.45. The fourth-order valence-corrected chi connectivity index (χ4v) is 6.23. The Morgan fingerprint density at radius 3 is 2.77 bits per heavy atom. The van der Waals surface area contributed by atoms with Crippen LogP contribution in [-0.4, -0.2) is 34.5 Å². The standard InChI is InChI=1S/C30H23ClN2O5S/c1-3-12-37-21-8-4-17(5-9-21)26-25(27(34)18-6-11-23-19(14-18)13-16(2)38-23)28(35)29(36)33(26)30-32-22-10-7-20(31)15-24(22)39-30/h3-11,14-16,26,34H,1,12-13H2,2H3. The molecule has 0 aliphatic carbocycles. The van der Waals surface area contributed by atoms with Crippen molar-refractivity contribution in [1.82, 2.24) is 4.98 Å². The Morgan fingerprint density at radius 1 is 1.21 bits per heavy atom. The van der Waals surface area contributed by atoms with E-state index in [0.717, 1.165) is 16.0 Å². The monoisotopic (exact) mass is 558 g/mol. The minimum atomic E-state index is -0.905. The van der Waals surface area contributed by atoms with Crippen LogP contribution < -0.4 is 14.4 Å². The molecule has 39 heavy (non-hydrogen) atoms. The van der Waals surface area contributed by atoms with Crippen molar-refractivity contribution >= 4 is 55.7 Å². The van der Waals surface area contributed by atoms with E-state index in [4.69, 9.17) is 21.1 Å². The number of rotatable bonds is 6. The van der Waals surface area contributed by atoms with Gasteiger partial charge in [-0.05, 0) is 66.6 Å². The Kier molecular flexibility index (Phi) is 6.37. The third-order valence-electron chi connectivity index (χ3n) is 6.72. The highest BCUT2D eigenvalue weighted by Crippen LogP contribution is 2.45. The molecule has 1 aromatic heterocycles. The van der Waals surface area contributed by atoms with E-state index in [-0.39, 0.29) is 17.4 Å². The molecule has 0 bridgehead atoms. The number of Topliss-reactive ketones (excluding diaryl/α,β-unsaturated/α-hetero) is 1. The number of aromatic nitrogens is 1. The maximum absolute atomic E-state index is 13.5. The van der Waals surface area contributed by atoms with Gasteiger partial charge in [-0.2, -0.15) is 0 Å². The maximum atomic E-state index is 13.5. The summed E-state index contributed by atoms with van der Waals surface area (Å²) in [5.41, 5.74) is 2.64. The van der Waals surface area contributed by atoms with Gasteiger partial charge in [0.2, 0.25) is 0 Å². The van der Waals surface area contributed by atoms with Gasteiger partial charge >= 0.3 is 5.91 Å². The van der Waals surface area contributed by atoms with Crippen LogP contribution in [0.1, 0.15) is 29.7 Å². The zero-order valence-corrected chi connectivity index (χ0v) is 22.5. The number of amides is 1. The van der Waals surface area contributed by atoms with Crippen LogP contribution in [-0.2, 0) is 16.0 Å². The fourth-order valence-electron chi connectivity index (χ4n) is 4.96. The van der Waals surface area contributed by atoms with Crippen molar-refractivity contribution in [2.75, 3.05) is 11.5 Å². The van der Waals surface area contributed by atoms with Crippen LogP contribution in [0.25, 0.3) is 16.0 Å². The lowest BCUT2D eigenvalue weighted by molar-refractivity contribution is -0.132. The second-order valence-electron chi connectivity index (χ2n) is 9.40. The van der Waals surface area contributed by atoms with Gasteiger partial charge in [-0.15, -0.1) is 0 Å². The Bertz CT molecular complexity index is 1680. The number of hydrogen-bond acceptors (Lipinski definition) is 7. The van der Waals surface area contributed by atoms with Gasteiger partial charge in [0, 0.05) is 17.0 Å². The van der Waals surface area contributed by atoms with Gasteiger partial charge in [0.1, 0.15) is 30.0 Å². The molecule has 1 amide bonds. The summed E-state index contributed by atoms with van der Waals surface area (Å²) in [7, 11) is 0. The predicted octanol–water partition coefficient (Wildman–Crippen LogP) is 6.46. The molecule has 2 atom stereocenters. The Balaban J connectivity index is 1.50. The molecular weight excluding hydrogens is 536 g/mol. The summed E-state index contributed by atoms with van der Waals surface area (Å²) in [6.45, 7) is 5.97. The van der Waals surface area contributed by atoms with E-state index in [9.17, 15) is 14.7 Å². The van der Waals surface area contributed by atoms with Gasteiger partial charge in [0.25, 0.3) is 5.78 Å². The summed E-state index contributed by atoms with van der Waals surface area (Å²) >= 11 is 7.43. The molecule has 9 heteroatoms. The van der Waals surface area contributed by atoms with Crippen molar-refractivity contribution in [2.24, 2.45) is 0 Å². The number of ether oxygens (including phenoxy) is 2. The van der Waals surface area contributed by atoms with Crippen molar-refractivity contribution in [3.63, 3.8) is 0 Å². The van der Waals surface area contributed by atoms with Crippen LogP contribution in [0.4, 0.5) is 5.13 Å². The first kappa shape index (κ1) is 25.2. The van der Waals surface area contributed by atoms with Crippen molar-refractivity contribution in [2.45, 2.75) is 25.5 Å². The van der Waals surface area contributed by atoms with Crippen molar-refractivity contribution in [3.05, 3.63) is 101 Å². The van der Waals surface area contributed by atoms with Gasteiger partial charge in [-0.25, -0.2) is 4.98 Å². The highest BCUT2D eigenvalue weighted by atomic mass is 35.5. The van der Waals surface area contributed by atoms with Gasteiger partial charge in [-0.3, -0.25) is 14.5 Å². The number of carbonyl (C=O) groups is 2. The van der Waals surface area contributed by atoms with Crippen molar-refractivity contribution in [1.29, 1.82) is 0 Å². The van der Waals surface area contributed by atoms with E-state index in [0.29, 0.717) is 45.6 Å². The number of thiazole rings is 1. The fraction of sp³-hybridized carbons (Fsp3) is 0.167. The van der Waals surface area contributed by atoms with Crippen molar-refractivity contribution in [3.8, 4) is 11.5 Å². The quantitative estimate of drug-likeness (QED) is 0.126. The molecule has 0 radical (unpaired) electrons. The van der Waals surface area contributed by atoms with Gasteiger partial charge in [-0.1, -0.05) is 47.7 Å². The molecule has 1 N–H and O–H groups in total. The summed E-state index contributed by atoms with van der Waals surface area (Å²) in [5.74, 6) is -0.444. The smallest absolute Gasteiger partial charge is 0.301 e. The van der Waals surface area contributed by atoms with E-state index < -0.39 is 17.7 Å². The number of halogens is 1. The van der Waals surface area contributed by atoms with Crippen LogP contribution in [0.3, 0.4) is 0 Å². The molecule has 2 aliphatic heterocycles. The number of benzene rings is 3. The molecule has 1 fully saturated rings. The number of nitrogens with zero attached hydrogens (tertiary/aromatic N) is 2. The average Bonchev–Trinajstić information content (AvgIpc) is 3.59. The molecule has 4 aromatic rings. The van der Waals surface area contributed by atoms with Gasteiger partial charge in [0.05, 0.1) is 21.8 Å². The minimum absolute atomic E-state index is 0.0102. The third-order valence-corrected chi connectivity index (χ3v) is 7.98. The Labute approximate surface area is 233 Å². The first-order chi connectivity index (χ1) is 18.8. The molecule has 2 aliphatic rings. The predicted molar refractivity (Wildman–Crippen MR) is 152 cm³/mol. The molecule has 1 saturated heterocycles. The zero-order valence-electron chi connectivity index (χ0n) is 20.9. The lowest BCUT2D eigenvalue weighted by atomic mass is 9.94. The zero-order chi connectivity index (χ0) is 27.3. The number of aliphatic hydroxyl groups is 1. The lowest BCUT2D eigenvalue weighted by Crippen LogP contribution is -2.29. The first-order valence-electron chi connectivity index (χ1n) is 12.3. The van der Waals surface area contributed by atoms with Gasteiger partial charge in [0.15, 0.2) is 5.13 Å². The lowest BCUT2D eigenvalue weighted by Gasteiger charge is -2.23. The molecule has 2 unspecified atom stereocenters. The molecule has 6 rings (SSSR count). The normalized spacial score (nSPS) is 19.8. The highest BCUT2D eigenvalue weighted by Gasteiger charge is 2.48. The molecule has 3 aromatic carbocycles. The number of ketones is 1. The van der Waals surface area contributed by atoms with E-state index >= 15 is 0 Å².